The van der Waals surface area contributed by atoms with Crippen LogP contribution in [-0.2, 0) is 4.79 Å². The Morgan fingerprint density at radius 1 is 1.20 bits per heavy atom. The van der Waals surface area contributed by atoms with Gasteiger partial charge in [0.1, 0.15) is 29.3 Å². The number of pyridine rings is 1. The van der Waals surface area contributed by atoms with Crippen LogP contribution in [0, 0.1) is 11.3 Å². The second kappa shape index (κ2) is 11.1. The van der Waals surface area contributed by atoms with Crippen LogP contribution in [0.4, 0.5) is 0 Å². The molecule has 1 amide bonds. The molecular weight excluding hydrogens is 502 g/mol. The van der Waals surface area contributed by atoms with Gasteiger partial charge in [0.25, 0.3) is 0 Å². The smallest absolute Gasteiger partial charge is 0.223 e. The van der Waals surface area contributed by atoms with E-state index in [2.05, 4.69) is 45.0 Å². The maximum absolute atomic E-state index is 13.1. The molecule has 2 aliphatic rings. The van der Waals surface area contributed by atoms with E-state index in [1.165, 1.54) is 24.6 Å². The van der Waals surface area contributed by atoms with Crippen LogP contribution in [0.3, 0.4) is 0 Å². The molecule has 3 atom stereocenters. The summed E-state index contributed by atoms with van der Waals surface area (Å²) in [6.45, 7) is 11.2. The third-order valence-electron chi connectivity index (χ3n) is 8.10. The fraction of sp³-hybridized carbons (Fsp3) is 0.469. The van der Waals surface area contributed by atoms with E-state index < -0.39 is 0 Å². The topological polar surface area (TPSA) is 96.5 Å². The molecule has 3 aromatic rings. The lowest BCUT2D eigenvalue weighted by Crippen LogP contribution is -2.89. The molecule has 2 aromatic heterocycles. The summed E-state index contributed by atoms with van der Waals surface area (Å²) in [5, 5.41) is 14.9. The Labute approximate surface area is 236 Å². The lowest BCUT2D eigenvalue weighted by atomic mass is 10.0. The molecule has 0 spiro atoms. The molecule has 212 valence electrons. The number of likely N-dealkylation sites (tertiary alicyclic amines) is 1. The number of amides is 1. The highest BCUT2D eigenvalue weighted by molar-refractivity contribution is 6.08. The number of carbonyl (C=O) groups excluding carboxylic acids is 1. The van der Waals surface area contributed by atoms with E-state index >= 15 is 0 Å². The Hall–Kier alpha value is -3.65. The summed E-state index contributed by atoms with van der Waals surface area (Å²) in [6.07, 6.45) is 9.95. The Morgan fingerprint density at radius 3 is 2.55 bits per heavy atom. The number of nitrogens with two attached hydrogens (primary N) is 1. The molecule has 3 heterocycles. The number of methoxy groups -OCH3 is 1. The van der Waals surface area contributed by atoms with Gasteiger partial charge in [0.2, 0.25) is 5.91 Å². The van der Waals surface area contributed by atoms with Gasteiger partial charge in [0.15, 0.2) is 0 Å². The summed E-state index contributed by atoms with van der Waals surface area (Å²) >= 11 is 0. The van der Waals surface area contributed by atoms with Gasteiger partial charge in [0.05, 0.1) is 30.5 Å². The van der Waals surface area contributed by atoms with Crippen LogP contribution in [0.15, 0.2) is 48.9 Å². The van der Waals surface area contributed by atoms with Gasteiger partial charge in [-0.2, -0.15) is 5.10 Å². The van der Waals surface area contributed by atoms with Gasteiger partial charge < -0.3 is 25.1 Å². The molecule has 3 unspecified atom stereocenters. The van der Waals surface area contributed by atoms with Crippen LogP contribution in [-0.4, -0.2) is 51.9 Å². The monoisotopic (exact) mass is 544 g/mol. The van der Waals surface area contributed by atoms with E-state index in [9.17, 15) is 4.79 Å². The van der Waals surface area contributed by atoms with E-state index in [1.807, 2.05) is 58.3 Å². The third-order valence-corrected chi connectivity index (χ3v) is 8.10. The van der Waals surface area contributed by atoms with E-state index in [0.717, 1.165) is 33.7 Å². The first-order valence-electron chi connectivity index (χ1n) is 14.3. The van der Waals surface area contributed by atoms with E-state index in [4.69, 9.17) is 14.9 Å². The number of benzene rings is 1. The molecule has 1 saturated carbocycles. The number of quaternary nitrogens is 1. The summed E-state index contributed by atoms with van der Waals surface area (Å²) in [4.78, 5) is 15.1. The number of allylic oxidation sites excluding steroid dienone is 1. The minimum atomic E-state index is -0.174. The molecule has 0 radical (unpaired) electrons. The molecule has 8 nitrogen and oxygen atoms in total. The van der Waals surface area contributed by atoms with Crippen LogP contribution < -0.4 is 14.8 Å². The Morgan fingerprint density at radius 2 is 1.93 bits per heavy atom. The zero-order valence-electron chi connectivity index (χ0n) is 24.5. The number of ether oxygens (including phenoxy) is 2. The van der Waals surface area contributed by atoms with Gasteiger partial charge in [-0.25, -0.2) is 4.52 Å². The molecule has 0 bridgehead atoms. The zero-order chi connectivity index (χ0) is 28.6. The fourth-order valence-electron chi connectivity index (χ4n) is 5.42. The molecule has 5 rings (SSSR count). The number of nitrogens with one attached hydrogen (secondary N) is 1. The van der Waals surface area contributed by atoms with Gasteiger partial charge in [-0.1, -0.05) is 12.1 Å². The van der Waals surface area contributed by atoms with Crippen molar-refractivity contribution in [3.8, 4) is 11.5 Å². The minimum Gasteiger partial charge on any atom is -0.497 e. The summed E-state index contributed by atoms with van der Waals surface area (Å²) in [5.74, 6) is 2.30. The summed E-state index contributed by atoms with van der Waals surface area (Å²) in [7, 11) is 1.65. The highest BCUT2D eigenvalue weighted by Crippen LogP contribution is 2.44. The Balaban J connectivity index is 1.40. The highest BCUT2D eigenvalue weighted by Gasteiger charge is 2.37. The van der Waals surface area contributed by atoms with Crippen LogP contribution in [0.1, 0.15) is 82.5 Å². The second-order valence-corrected chi connectivity index (χ2v) is 12.3. The number of carbonyl (C=O) groups is 1. The Bertz CT molecular complexity index is 1410. The summed E-state index contributed by atoms with van der Waals surface area (Å²) < 4.78 is 13.9. The van der Waals surface area contributed by atoms with Gasteiger partial charge in [-0.3, -0.25) is 4.79 Å². The van der Waals surface area contributed by atoms with Crippen LogP contribution in [0.2, 0.25) is 0 Å². The first kappa shape index (κ1) is 27.9. The average molecular weight is 545 g/mol. The van der Waals surface area contributed by atoms with Crippen molar-refractivity contribution >= 4 is 23.2 Å². The quantitative estimate of drug-likeness (QED) is 0.353. The molecule has 3 N–H and O–H groups in total. The number of aromatic nitrogens is 2. The number of rotatable bonds is 10. The van der Waals surface area contributed by atoms with E-state index in [1.54, 1.807) is 7.11 Å². The molecule has 1 saturated heterocycles. The van der Waals surface area contributed by atoms with Crippen molar-refractivity contribution in [2.45, 2.75) is 77.5 Å². The minimum absolute atomic E-state index is 0.000881. The molecular formula is C32H42N5O3+. The average Bonchev–Trinajstić information content (AvgIpc) is 3.56. The Kier molecular flexibility index (Phi) is 7.73. The first-order chi connectivity index (χ1) is 19.1. The van der Waals surface area contributed by atoms with Gasteiger partial charge in [-0.15, -0.1) is 0 Å². The van der Waals surface area contributed by atoms with Crippen molar-refractivity contribution in [3.63, 3.8) is 0 Å². The number of hydrogen-bond acceptors (Lipinski definition) is 5. The maximum Gasteiger partial charge on any atom is 0.223 e. The summed E-state index contributed by atoms with van der Waals surface area (Å²) in [5.41, 5.74) is 4.98. The second-order valence-electron chi connectivity index (χ2n) is 12.3. The zero-order valence-corrected chi connectivity index (χ0v) is 24.5. The van der Waals surface area contributed by atoms with E-state index in [0.29, 0.717) is 18.9 Å². The maximum atomic E-state index is 13.1. The van der Waals surface area contributed by atoms with Crippen LogP contribution in [0.25, 0.3) is 11.1 Å². The fourth-order valence-corrected chi connectivity index (χ4v) is 5.42. The van der Waals surface area contributed by atoms with Gasteiger partial charge >= 0.3 is 0 Å². The van der Waals surface area contributed by atoms with Crippen molar-refractivity contribution < 1.29 is 19.6 Å². The molecule has 1 aliphatic heterocycles. The SMILES string of the molecule is COc1ccc(C(C)N2CC(C(C)Oc3cc(C(C=N)=C[NH2+]C(C)(C)C)cn4ncc(C5CC5)c34)CC2=O)cc1. The molecule has 8 heteroatoms. The molecule has 1 aromatic carbocycles. The summed E-state index contributed by atoms with van der Waals surface area (Å²) in [6, 6.07) is 9.94. The van der Waals surface area contributed by atoms with Crippen LogP contribution >= 0.6 is 0 Å². The number of hydrogen-bond donors (Lipinski definition) is 2. The largest absolute Gasteiger partial charge is 0.497 e. The third kappa shape index (κ3) is 5.92. The van der Waals surface area contributed by atoms with E-state index in [-0.39, 0.29) is 29.5 Å². The van der Waals surface area contributed by atoms with Crippen molar-refractivity contribution in [2.75, 3.05) is 13.7 Å². The predicted molar refractivity (Wildman–Crippen MR) is 157 cm³/mol. The van der Waals surface area contributed by atoms with Crippen molar-refractivity contribution in [3.05, 3.63) is 65.6 Å². The van der Waals surface area contributed by atoms with Gasteiger partial charge in [0, 0.05) is 42.4 Å². The number of nitrogens with zero attached hydrogens (tertiary/aromatic N) is 3. The molecule has 1 aliphatic carbocycles. The van der Waals surface area contributed by atoms with Crippen LogP contribution in [0.5, 0.6) is 11.5 Å². The predicted octanol–water partition coefficient (Wildman–Crippen LogP) is 4.95. The molecule has 40 heavy (non-hydrogen) atoms. The first-order valence-corrected chi connectivity index (χ1v) is 14.3. The van der Waals surface area contributed by atoms with Crippen molar-refractivity contribution in [1.29, 1.82) is 5.41 Å². The normalized spacial score (nSPS) is 19.6. The van der Waals surface area contributed by atoms with Crippen molar-refractivity contribution in [2.24, 2.45) is 5.92 Å². The van der Waals surface area contributed by atoms with Crippen molar-refractivity contribution in [1.82, 2.24) is 14.5 Å². The highest BCUT2D eigenvalue weighted by atomic mass is 16.5. The lowest BCUT2D eigenvalue weighted by molar-refractivity contribution is -0.656. The number of fused-ring (bicyclic) bond motifs is 1. The van der Waals surface area contributed by atoms with Gasteiger partial charge in [-0.05, 0) is 77.1 Å². The lowest BCUT2D eigenvalue weighted by Gasteiger charge is -2.27. The standard InChI is InChI=1S/C32H41N5O3/c1-20(22-9-11-27(39-6)12-10-22)36-18-24(14-30(36)38)21(2)40-29-13-25(26(15-33)16-34-32(3,4)5)19-37-31(29)28(17-35-37)23-7-8-23/h9-13,15-17,19-21,23-24,33-34H,7-8,14,18H2,1-6H3/p+1. The molecule has 2 fully saturated rings.